The van der Waals surface area contributed by atoms with Crippen LogP contribution in [0.1, 0.15) is 6.42 Å². The molecule has 0 saturated carbocycles. The Labute approximate surface area is 89.3 Å². The Morgan fingerprint density at radius 2 is 2.19 bits per heavy atom. The Kier molecular flexibility index (Phi) is 4.37. The number of carboxylic acid groups (broad SMARTS) is 1. The Bertz CT molecular complexity index is 362. The van der Waals surface area contributed by atoms with Crippen LogP contribution in [0.15, 0.2) is 12.4 Å². The minimum absolute atomic E-state index is 0.0101. The zero-order valence-electron chi connectivity index (χ0n) is 8.06. The highest BCUT2D eigenvalue weighted by Crippen LogP contribution is 2.19. The number of aliphatic carboxylic acids is 1. The van der Waals surface area contributed by atoms with Gasteiger partial charge in [-0.25, -0.2) is 9.97 Å². The predicted octanol–water partition coefficient (Wildman–Crippen LogP) is 0.965. The third-order valence-corrected chi connectivity index (χ3v) is 1.50. The lowest BCUT2D eigenvalue weighted by atomic mass is 10.4. The van der Waals surface area contributed by atoms with Crippen LogP contribution in [0.5, 0.6) is 5.88 Å². The van der Waals surface area contributed by atoms with Gasteiger partial charge in [-0.1, -0.05) is 0 Å². The van der Waals surface area contributed by atoms with Gasteiger partial charge in [0.05, 0.1) is 6.42 Å². The van der Waals surface area contributed by atoms with Gasteiger partial charge >= 0.3 is 12.6 Å². The predicted molar refractivity (Wildman–Crippen MR) is 49.4 cm³/mol. The Morgan fingerprint density at radius 1 is 1.50 bits per heavy atom. The van der Waals surface area contributed by atoms with E-state index in [4.69, 9.17) is 5.11 Å². The minimum Gasteiger partial charge on any atom is -0.481 e. The van der Waals surface area contributed by atoms with Crippen molar-refractivity contribution in [1.82, 2.24) is 9.97 Å². The minimum atomic E-state index is -3.00. The van der Waals surface area contributed by atoms with Gasteiger partial charge in [0, 0.05) is 18.9 Å². The SMILES string of the molecule is O=C(O)CCNc1nccnc1OC(F)F. The van der Waals surface area contributed by atoms with Crippen molar-refractivity contribution in [2.24, 2.45) is 0 Å². The van der Waals surface area contributed by atoms with Gasteiger partial charge in [-0.15, -0.1) is 0 Å². The normalized spacial score (nSPS) is 10.2. The molecule has 0 fully saturated rings. The van der Waals surface area contributed by atoms with E-state index in [0.717, 1.165) is 0 Å². The third-order valence-electron chi connectivity index (χ3n) is 1.50. The van der Waals surface area contributed by atoms with Crippen LogP contribution in [0.4, 0.5) is 14.6 Å². The van der Waals surface area contributed by atoms with Gasteiger partial charge in [-0.2, -0.15) is 8.78 Å². The lowest BCUT2D eigenvalue weighted by Gasteiger charge is -2.08. The van der Waals surface area contributed by atoms with Gasteiger partial charge in [-0.3, -0.25) is 4.79 Å². The lowest BCUT2D eigenvalue weighted by molar-refractivity contribution is -0.136. The van der Waals surface area contributed by atoms with Crippen LogP contribution in [0.25, 0.3) is 0 Å². The van der Waals surface area contributed by atoms with Gasteiger partial charge in [-0.05, 0) is 0 Å². The molecule has 0 aliphatic rings. The molecule has 8 heteroatoms. The average Bonchev–Trinajstić information content (AvgIpc) is 2.19. The number of hydrogen-bond acceptors (Lipinski definition) is 5. The second kappa shape index (κ2) is 5.79. The van der Waals surface area contributed by atoms with E-state index in [9.17, 15) is 13.6 Å². The molecule has 88 valence electrons. The number of carbonyl (C=O) groups is 1. The van der Waals surface area contributed by atoms with Crippen molar-refractivity contribution in [2.75, 3.05) is 11.9 Å². The van der Waals surface area contributed by atoms with E-state index in [1.54, 1.807) is 0 Å². The topological polar surface area (TPSA) is 84.3 Å². The van der Waals surface area contributed by atoms with Gasteiger partial charge in [0.2, 0.25) is 0 Å². The van der Waals surface area contributed by atoms with Crippen LogP contribution in [-0.4, -0.2) is 34.2 Å². The summed E-state index contributed by atoms with van der Waals surface area (Å²) in [6, 6.07) is 0. The zero-order valence-corrected chi connectivity index (χ0v) is 8.06. The summed E-state index contributed by atoms with van der Waals surface area (Å²) in [6.07, 6.45) is 2.31. The summed E-state index contributed by atoms with van der Waals surface area (Å²) >= 11 is 0. The average molecular weight is 233 g/mol. The maximum Gasteiger partial charge on any atom is 0.388 e. The number of alkyl halides is 2. The number of anilines is 1. The number of rotatable bonds is 6. The molecular weight excluding hydrogens is 224 g/mol. The number of halogens is 2. The van der Waals surface area contributed by atoms with Crippen molar-refractivity contribution in [2.45, 2.75) is 13.0 Å². The second-order valence-electron chi connectivity index (χ2n) is 2.66. The molecule has 0 aliphatic heterocycles. The van der Waals surface area contributed by atoms with E-state index in [0.29, 0.717) is 0 Å². The fourth-order valence-corrected chi connectivity index (χ4v) is 0.905. The molecule has 0 unspecified atom stereocenters. The molecule has 1 heterocycles. The number of aromatic nitrogens is 2. The summed E-state index contributed by atoms with van der Waals surface area (Å²) in [4.78, 5) is 17.5. The summed E-state index contributed by atoms with van der Waals surface area (Å²) in [5.74, 6) is -1.38. The Hall–Kier alpha value is -1.99. The van der Waals surface area contributed by atoms with Gasteiger partial charge < -0.3 is 15.2 Å². The molecule has 0 radical (unpaired) electrons. The second-order valence-corrected chi connectivity index (χ2v) is 2.66. The first-order valence-corrected chi connectivity index (χ1v) is 4.31. The third kappa shape index (κ3) is 4.03. The highest BCUT2D eigenvalue weighted by Gasteiger charge is 2.11. The van der Waals surface area contributed by atoms with E-state index >= 15 is 0 Å². The van der Waals surface area contributed by atoms with Crippen LogP contribution in [-0.2, 0) is 4.79 Å². The van der Waals surface area contributed by atoms with Crippen molar-refractivity contribution in [3.05, 3.63) is 12.4 Å². The van der Waals surface area contributed by atoms with E-state index < -0.39 is 12.6 Å². The van der Waals surface area contributed by atoms with Crippen molar-refractivity contribution >= 4 is 11.8 Å². The molecule has 0 bridgehead atoms. The van der Waals surface area contributed by atoms with Crippen LogP contribution < -0.4 is 10.1 Å². The van der Waals surface area contributed by atoms with Crippen molar-refractivity contribution in [3.8, 4) is 5.88 Å². The van der Waals surface area contributed by atoms with E-state index in [1.165, 1.54) is 12.4 Å². The molecule has 16 heavy (non-hydrogen) atoms. The first-order chi connectivity index (χ1) is 7.59. The van der Waals surface area contributed by atoms with Crippen LogP contribution >= 0.6 is 0 Å². The standard InChI is InChI=1S/C8H9F2N3O3/c9-8(10)16-7-6(12-3-4-13-7)11-2-1-5(14)15/h3-4,8H,1-2H2,(H,11,12)(H,14,15). The molecule has 1 aromatic heterocycles. The van der Waals surface area contributed by atoms with Gasteiger partial charge in [0.15, 0.2) is 5.82 Å². The highest BCUT2D eigenvalue weighted by molar-refractivity contribution is 5.67. The molecular formula is C8H9F2N3O3. The first-order valence-electron chi connectivity index (χ1n) is 4.31. The number of hydrogen-bond donors (Lipinski definition) is 2. The van der Waals surface area contributed by atoms with Crippen LogP contribution in [0.3, 0.4) is 0 Å². The first kappa shape index (κ1) is 12.1. The van der Waals surface area contributed by atoms with Crippen molar-refractivity contribution in [3.63, 3.8) is 0 Å². The summed E-state index contributed by atoms with van der Waals surface area (Å²) in [5.41, 5.74) is 0. The monoisotopic (exact) mass is 233 g/mol. The fourth-order valence-electron chi connectivity index (χ4n) is 0.905. The molecule has 0 aromatic carbocycles. The molecule has 0 spiro atoms. The zero-order chi connectivity index (χ0) is 12.0. The van der Waals surface area contributed by atoms with Gasteiger partial charge in [0.25, 0.3) is 5.88 Å². The van der Waals surface area contributed by atoms with Crippen molar-refractivity contribution in [1.29, 1.82) is 0 Å². The summed E-state index contributed by atoms with van der Waals surface area (Å²) in [6.45, 7) is -2.95. The summed E-state index contributed by atoms with van der Waals surface area (Å²) in [7, 11) is 0. The van der Waals surface area contributed by atoms with E-state index in [-0.39, 0.29) is 24.7 Å². The number of carboxylic acids is 1. The van der Waals surface area contributed by atoms with Gasteiger partial charge in [0.1, 0.15) is 0 Å². The number of ether oxygens (including phenoxy) is 1. The van der Waals surface area contributed by atoms with Crippen molar-refractivity contribution < 1.29 is 23.4 Å². The van der Waals surface area contributed by atoms with E-state index in [1.807, 2.05) is 0 Å². The Morgan fingerprint density at radius 3 is 2.81 bits per heavy atom. The van der Waals surface area contributed by atoms with Crippen LogP contribution in [0, 0.1) is 0 Å². The van der Waals surface area contributed by atoms with E-state index in [2.05, 4.69) is 20.0 Å². The molecule has 1 rings (SSSR count). The number of nitrogens with zero attached hydrogens (tertiary/aromatic N) is 2. The smallest absolute Gasteiger partial charge is 0.388 e. The highest BCUT2D eigenvalue weighted by atomic mass is 19.3. The fraction of sp³-hybridized carbons (Fsp3) is 0.375. The summed E-state index contributed by atoms with van der Waals surface area (Å²) < 4.78 is 28.0. The lowest BCUT2D eigenvalue weighted by Crippen LogP contribution is -2.12. The Balaban J connectivity index is 2.60. The largest absolute Gasteiger partial charge is 0.481 e. The molecule has 2 N–H and O–H groups in total. The molecule has 0 aliphatic carbocycles. The molecule has 0 amide bonds. The molecule has 1 aromatic rings. The number of nitrogens with one attached hydrogen (secondary N) is 1. The quantitative estimate of drug-likeness (QED) is 0.761. The van der Waals surface area contributed by atoms with Crippen LogP contribution in [0.2, 0.25) is 0 Å². The molecule has 0 saturated heterocycles. The summed E-state index contributed by atoms with van der Waals surface area (Å²) in [5, 5.41) is 10.9. The molecule has 0 atom stereocenters. The maximum atomic E-state index is 11.9. The maximum absolute atomic E-state index is 11.9. The molecule has 6 nitrogen and oxygen atoms in total.